The lowest BCUT2D eigenvalue weighted by Crippen LogP contribution is -2.22. The van der Waals surface area contributed by atoms with Crippen LogP contribution in [0.25, 0.3) is 11.3 Å². The smallest absolute Gasteiger partial charge is 0.329 e. The summed E-state index contributed by atoms with van der Waals surface area (Å²) in [4.78, 5) is 16.5. The molecule has 0 aliphatic heterocycles. The summed E-state index contributed by atoms with van der Waals surface area (Å²) in [7, 11) is 0. The van der Waals surface area contributed by atoms with Crippen LogP contribution in [0.1, 0.15) is 52.0 Å². The van der Waals surface area contributed by atoms with Crippen LogP contribution in [0.4, 0.5) is 0 Å². The van der Waals surface area contributed by atoms with Gasteiger partial charge in [-0.1, -0.05) is 39.7 Å². The summed E-state index contributed by atoms with van der Waals surface area (Å²) >= 11 is 6.08. The van der Waals surface area contributed by atoms with Crippen LogP contribution in [0.15, 0.2) is 42.6 Å². The summed E-state index contributed by atoms with van der Waals surface area (Å²) in [6.07, 6.45) is 7.31. The lowest BCUT2D eigenvalue weighted by Gasteiger charge is -2.11. The molecule has 140 valence electrons. The topological polar surface area (TPSA) is 39.2 Å². The Balaban J connectivity index is 1.95. The Morgan fingerprint density at radius 2 is 1.85 bits per heavy atom. The number of benzene rings is 1. The zero-order chi connectivity index (χ0) is 18.9. The highest BCUT2D eigenvalue weighted by atomic mass is 35.5. The van der Waals surface area contributed by atoms with Gasteiger partial charge in [-0.2, -0.15) is 0 Å². The van der Waals surface area contributed by atoms with Gasteiger partial charge in [0, 0.05) is 11.8 Å². The van der Waals surface area contributed by atoms with Gasteiger partial charge < -0.3 is 4.74 Å². The number of hydrogen-bond donors (Lipinski definition) is 0. The van der Waals surface area contributed by atoms with Gasteiger partial charge in [0.25, 0.3) is 0 Å². The molecular weight excluding hydrogens is 346 g/mol. The molecule has 1 aromatic carbocycles. The molecule has 0 aliphatic rings. The number of nitrogens with zero attached hydrogens (tertiary/aromatic N) is 1. The van der Waals surface area contributed by atoms with Crippen molar-refractivity contribution in [3.8, 4) is 17.0 Å². The lowest BCUT2D eigenvalue weighted by molar-refractivity contribution is -0.134. The van der Waals surface area contributed by atoms with Gasteiger partial charge in [-0.05, 0) is 61.1 Å². The molecule has 4 heteroatoms. The maximum atomic E-state index is 12.0. The van der Waals surface area contributed by atoms with E-state index >= 15 is 0 Å². The largest absolute Gasteiger partial charge is 0.425 e. The fourth-order valence-corrected chi connectivity index (χ4v) is 3.11. The molecule has 2 rings (SSSR count). The molecule has 3 nitrogen and oxygen atoms in total. The van der Waals surface area contributed by atoms with Crippen molar-refractivity contribution in [3.63, 3.8) is 0 Å². The third-order valence-electron chi connectivity index (χ3n) is 4.20. The number of ether oxygens (including phenoxy) is 1. The monoisotopic (exact) mass is 373 g/mol. The number of pyridine rings is 1. The van der Waals surface area contributed by atoms with Crippen LogP contribution in [0.5, 0.6) is 5.75 Å². The van der Waals surface area contributed by atoms with Crippen LogP contribution in [-0.2, 0) is 11.2 Å². The van der Waals surface area contributed by atoms with Gasteiger partial charge in [-0.3, -0.25) is 9.78 Å². The second-order valence-electron chi connectivity index (χ2n) is 7.05. The van der Waals surface area contributed by atoms with Gasteiger partial charge in [0.1, 0.15) is 11.1 Å². The predicted octanol–water partition coefficient (Wildman–Crippen LogP) is 6.04. The minimum absolute atomic E-state index is 0.350. The van der Waals surface area contributed by atoms with E-state index in [-0.39, 0.29) is 0 Å². The van der Waals surface area contributed by atoms with Crippen LogP contribution in [-0.4, -0.2) is 16.3 Å². The van der Waals surface area contributed by atoms with Crippen molar-refractivity contribution in [1.29, 1.82) is 0 Å². The Hall–Kier alpha value is -1.87. The maximum absolute atomic E-state index is 12.0. The first-order valence-electron chi connectivity index (χ1n) is 9.40. The highest BCUT2D eigenvalue weighted by Gasteiger charge is 2.19. The molecule has 26 heavy (non-hydrogen) atoms. The van der Waals surface area contributed by atoms with Crippen molar-refractivity contribution in [3.05, 3.63) is 48.2 Å². The average Bonchev–Trinajstić information content (AvgIpc) is 2.62. The Kier molecular flexibility index (Phi) is 8.11. The van der Waals surface area contributed by atoms with E-state index in [0.717, 1.165) is 17.7 Å². The molecule has 1 unspecified atom stereocenters. The van der Waals surface area contributed by atoms with Gasteiger partial charge in [-0.15, -0.1) is 11.6 Å². The zero-order valence-corrected chi connectivity index (χ0v) is 16.6. The standard InChI is InChI=1S/C22H28ClNO2/c1-4-5-6-7-17-8-13-21(24-15-17)18-9-11-19(12-10-18)26-22(25)20(23)14-16(2)3/h8-13,15-16,20H,4-7,14H2,1-3H3. The van der Waals surface area contributed by atoms with E-state index in [1.54, 1.807) is 12.1 Å². The van der Waals surface area contributed by atoms with Crippen LogP contribution in [0, 0.1) is 5.92 Å². The molecule has 1 heterocycles. The number of carbonyl (C=O) groups is 1. The summed E-state index contributed by atoms with van der Waals surface area (Å²) in [5, 5.41) is -0.614. The first-order chi connectivity index (χ1) is 12.5. The van der Waals surface area contributed by atoms with Gasteiger partial charge in [0.05, 0.1) is 5.69 Å². The quantitative estimate of drug-likeness (QED) is 0.233. The Morgan fingerprint density at radius 1 is 1.12 bits per heavy atom. The summed E-state index contributed by atoms with van der Waals surface area (Å²) in [5.74, 6) is 0.454. The Labute approximate surface area is 161 Å². The molecule has 2 aromatic rings. The van der Waals surface area contributed by atoms with Crippen molar-refractivity contribution in [2.75, 3.05) is 0 Å². The lowest BCUT2D eigenvalue weighted by atomic mass is 10.1. The van der Waals surface area contributed by atoms with E-state index in [1.165, 1.54) is 24.8 Å². The fraction of sp³-hybridized carbons (Fsp3) is 0.455. The minimum Gasteiger partial charge on any atom is -0.425 e. The zero-order valence-electron chi connectivity index (χ0n) is 15.9. The number of unbranched alkanes of at least 4 members (excludes halogenated alkanes) is 2. The average molecular weight is 374 g/mol. The van der Waals surface area contributed by atoms with E-state index < -0.39 is 11.3 Å². The summed E-state index contributed by atoms with van der Waals surface area (Å²) in [5.41, 5.74) is 3.18. The van der Waals surface area contributed by atoms with E-state index in [4.69, 9.17) is 16.3 Å². The number of hydrogen-bond acceptors (Lipinski definition) is 3. The number of rotatable bonds is 9. The van der Waals surface area contributed by atoms with Crippen LogP contribution in [0.3, 0.4) is 0 Å². The third kappa shape index (κ3) is 6.45. The molecule has 0 radical (unpaired) electrons. The Bertz CT molecular complexity index is 680. The molecular formula is C22H28ClNO2. The molecule has 1 aromatic heterocycles. The number of aromatic nitrogens is 1. The number of alkyl halides is 1. The SMILES string of the molecule is CCCCCc1ccc(-c2ccc(OC(=O)C(Cl)CC(C)C)cc2)nc1. The van der Waals surface area contributed by atoms with Crippen molar-refractivity contribution in [2.24, 2.45) is 5.92 Å². The number of halogens is 1. The summed E-state index contributed by atoms with van der Waals surface area (Å²) < 4.78 is 5.35. The molecule has 0 bridgehead atoms. The second-order valence-corrected chi connectivity index (χ2v) is 7.58. The van der Waals surface area contributed by atoms with Gasteiger partial charge in [0.15, 0.2) is 0 Å². The van der Waals surface area contributed by atoms with Crippen molar-refractivity contribution in [2.45, 2.75) is 58.3 Å². The predicted molar refractivity (Wildman–Crippen MR) is 108 cm³/mol. The Morgan fingerprint density at radius 3 is 2.42 bits per heavy atom. The molecule has 0 aliphatic carbocycles. The highest BCUT2D eigenvalue weighted by molar-refractivity contribution is 6.30. The van der Waals surface area contributed by atoms with Crippen LogP contribution < -0.4 is 4.74 Å². The summed E-state index contributed by atoms with van der Waals surface area (Å²) in [6, 6.07) is 11.6. The first kappa shape index (κ1) is 20.4. The molecule has 0 saturated heterocycles. The maximum Gasteiger partial charge on any atom is 0.329 e. The molecule has 1 atom stereocenters. The second kappa shape index (κ2) is 10.3. The third-order valence-corrected chi connectivity index (χ3v) is 4.55. The number of aryl methyl sites for hydroxylation is 1. The molecule has 0 N–H and O–H groups in total. The minimum atomic E-state index is -0.614. The number of esters is 1. The van der Waals surface area contributed by atoms with Crippen LogP contribution >= 0.6 is 11.6 Å². The van der Waals surface area contributed by atoms with E-state index in [1.807, 2.05) is 38.2 Å². The molecule has 0 fully saturated rings. The molecule has 0 amide bonds. The van der Waals surface area contributed by atoms with Gasteiger partial charge >= 0.3 is 5.97 Å². The van der Waals surface area contributed by atoms with Crippen molar-refractivity contribution in [1.82, 2.24) is 4.98 Å². The normalized spacial score (nSPS) is 12.2. The van der Waals surface area contributed by atoms with Gasteiger partial charge in [-0.25, -0.2) is 0 Å². The van der Waals surface area contributed by atoms with E-state index in [9.17, 15) is 4.79 Å². The van der Waals surface area contributed by atoms with E-state index in [0.29, 0.717) is 18.1 Å². The van der Waals surface area contributed by atoms with Crippen molar-refractivity contribution < 1.29 is 9.53 Å². The molecule has 0 saturated carbocycles. The molecule has 0 spiro atoms. The van der Waals surface area contributed by atoms with E-state index in [2.05, 4.69) is 18.0 Å². The first-order valence-corrected chi connectivity index (χ1v) is 9.84. The van der Waals surface area contributed by atoms with Crippen LogP contribution in [0.2, 0.25) is 0 Å². The van der Waals surface area contributed by atoms with Gasteiger partial charge in [0.2, 0.25) is 0 Å². The summed E-state index contributed by atoms with van der Waals surface area (Å²) in [6.45, 7) is 6.26. The fourth-order valence-electron chi connectivity index (χ4n) is 2.71. The van der Waals surface area contributed by atoms with Crippen molar-refractivity contribution >= 4 is 17.6 Å². The number of carbonyl (C=O) groups excluding carboxylic acids is 1. The highest BCUT2D eigenvalue weighted by Crippen LogP contribution is 2.22.